The number of nitrogens with one attached hydrogen (secondary N) is 3. The number of benzene rings is 1. The fourth-order valence-electron chi connectivity index (χ4n) is 2.01. The molecule has 0 aromatic heterocycles. The van der Waals surface area contributed by atoms with Gasteiger partial charge in [-0.3, -0.25) is 15.0 Å². The quantitative estimate of drug-likeness (QED) is 0.505. The molecule has 0 radical (unpaired) electrons. The van der Waals surface area contributed by atoms with Crippen LogP contribution < -0.4 is 25.8 Å². The number of carbonyl (C=O) groups excluding carboxylic acids is 2. The zero-order chi connectivity index (χ0) is 15.9. The van der Waals surface area contributed by atoms with Crippen LogP contribution in [0.5, 0.6) is 11.5 Å². The summed E-state index contributed by atoms with van der Waals surface area (Å²) in [4.78, 5) is 22.7. The molecule has 1 fully saturated rings. The summed E-state index contributed by atoms with van der Waals surface area (Å²) in [6.45, 7) is 0. The van der Waals surface area contributed by atoms with E-state index in [2.05, 4.69) is 21.4 Å². The van der Waals surface area contributed by atoms with E-state index in [1.54, 1.807) is 32.4 Å². The summed E-state index contributed by atoms with van der Waals surface area (Å²) in [6, 6.07) is 5.08. The molecule has 1 aromatic carbocycles. The van der Waals surface area contributed by atoms with Gasteiger partial charge in [0, 0.05) is 18.9 Å². The van der Waals surface area contributed by atoms with E-state index < -0.39 is 0 Å². The highest BCUT2D eigenvalue weighted by molar-refractivity contribution is 5.84. The van der Waals surface area contributed by atoms with Gasteiger partial charge in [-0.1, -0.05) is 0 Å². The van der Waals surface area contributed by atoms with Gasteiger partial charge in [0.15, 0.2) is 11.5 Å². The molecule has 1 aliphatic heterocycles. The van der Waals surface area contributed by atoms with Gasteiger partial charge in [-0.05, 0) is 23.8 Å². The van der Waals surface area contributed by atoms with Gasteiger partial charge >= 0.3 is 0 Å². The Labute approximate surface area is 127 Å². The molecular formula is C14H18N4O4. The van der Waals surface area contributed by atoms with Crippen LogP contribution in [0.3, 0.4) is 0 Å². The first-order chi connectivity index (χ1) is 10.6. The zero-order valence-corrected chi connectivity index (χ0v) is 12.4. The molecule has 8 heteroatoms. The minimum Gasteiger partial charge on any atom is -0.493 e. The smallest absolute Gasteiger partial charge is 0.241 e. The summed E-state index contributed by atoms with van der Waals surface area (Å²) >= 11 is 0. The van der Waals surface area contributed by atoms with Crippen molar-refractivity contribution in [1.82, 2.24) is 16.3 Å². The Hall–Kier alpha value is -2.61. The van der Waals surface area contributed by atoms with Gasteiger partial charge in [-0.2, -0.15) is 5.10 Å². The second-order valence-electron chi connectivity index (χ2n) is 4.71. The van der Waals surface area contributed by atoms with Crippen LogP contribution >= 0.6 is 0 Å². The van der Waals surface area contributed by atoms with E-state index in [0.29, 0.717) is 11.5 Å². The van der Waals surface area contributed by atoms with Gasteiger partial charge in [0.25, 0.3) is 0 Å². The number of carbonyl (C=O) groups is 2. The Morgan fingerprint density at radius 2 is 2.18 bits per heavy atom. The molecule has 118 valence electrons. The summed E-state index contributed by atoms with van der Waals surface area (Å²) in [7, 11) is 3.10. The monoisotopic (exact) mass is 306 g/mol. The standard InChI is InChI=1S/C14H18N4O4/c1-21-11-4-3-9(5-12(11)22-2)8-15-17-13(19)6-10-7-14(20)18-16-10/h3-5,8,10,16H,6-7H2,1-2H3,(H,17,19)(H,18,20)/b15-8+. The number of nitrogens with zero attached hydrogens (tertiary/aromatic N) is 1. The molecule has 1 heterocycles. The van der Waals surface area contributed by atoms with E-state index in [0.717, 1.165) is 5.56 Å². The second kappa shape index (κ2) is 7.41. The highest BCUT2D eigenvalue weighted by atomic mass is 16.5. The van der Waals surface area contributed by atoms with Crippen LogP contribution in [0, 0.1) is 0 Å². The highest BCUT2D eigenvalue weighted by Gasteiger charge is 2.23. The lowest BCUT2D eigenvalue weighted by Gasteiger charge is -2.08. The molecule has 8 nitrogen and oxygen atoms in total. The largest absolute Gasteiger partial charge is 0.493 e. The number of hydrogen-bond acceptors (Lipinski definition) is 6. The van der Waals surface area contributed by atoms with Crippen molar-refractivity contribution in [1.29, 1.82) is 0 Å². The van der Waals surface area contributed by atoms with Crippen LogP contribution in [0.25, 0.3) is 0 Å². The number of methoxy groups -OCH3 is 2. The van der Waals surface area contributed by atoms with E-state index >= 15 is 0 Å². The van der Waals surface area contributed by atoms with Crippen molar-refractivity contribution < 1.29 is 19.1 Å². The molecule has 0 bridgehead atoms. The molecular weight excluding hydrogens is 288 g/mol. The van der Waals surface area contributed by atoms with Crippen molar-refractivity contribution in [2.75, 3.05) is 14.2 Å². The predicted octanol–water partition coefficient (Wildman–Crippen LogP) is -0.0629. The fourth-order valence-corrected chi connectivity index (χ4v) is 2.01. The first-order valence-corrected chi connectivity index (χ1v) is 6.70. The zero-order valence-electron chi connectivity index (χ0n) is 12.4. The summed E-state index contributed by atoms with van der Waals surface area (Å²) in [5.74, 6) is 0.808. The van der Waals surface area contributed by atoms with E-state index in [1.807, 2.05) is 0 Å². The van der Waals surface area contributed by atoms with Crippen molar-refractivity contribution in [3.05, 3.63) is 23.8 Å². The van der Waals surface area contributed by atoms with Gasteiger partial charge in [-0.15, -0.1) is 0 Å². The van der Waals surface area contributed by atoms with Gasteiger partial charge < -0.3 is 9.47 Å². The van der Waals surface area contributed by atoms with Crippen LogP contribution in [-0.2, 0) is 9.59 Å². The second-order valence-corrected chi connectivity index (χ2v) is 4.71. The first kappa shape index (κ1) is 15.8. The molecule has 0 aliphatic carbocycles. The van der Waals surface area contributed by atoms with E-state index in [9.17, 15) is 9.59 Å². The molecule has 1 saturated heterocycles. The van der Waals surface area contributed by atoms with Crippen molar-refractivity contribution in [2.45, 2.75) is 18.9 Å². The van der Waals surface area contributed by atoms with Gasteiger partial charge in [0.1, 0.15) is 0 Å². The molecule has 1 unspecified atom stereocenters. The molecule has 22 heavy (non-hydrogen) atoms. The van der Waals surface area contributed by atoms with Gasteiger partial charge in [0.2, 0.25) is 11.8 Å². The van der Waals surface area contributed by atoms with E-state index in [-0.39, 0.29) is 30.7 Å². The topological polar surface area (TPSA) is 101 Å². The normalized spacial score (nSPS) is 17.4. The van der Waals surface area contributed by atoms with Crippen LogP contribution in [0.1, 0.15) is 18.4 Å². The number of rotatable bonds is 6. The van der Waals surface area contributed by atoms with Crippen molar-refractivity contribution in [3.8, 4) is 11.5 Å². The van der Waals surface area contributed by atoms with Crippen LogP contribution in [0.15, 0.2) is 23.3 Å². The van der Waals surface area contributed by atoms with Crippen LogP contribution in [0.2, 0.25) is 0 Å². The maximum Gasteiger partial charge on any atom is 0.241 e. The van der Waals surface area contributed by atoms with E-state index in [4.69, 9.17) is 9.47 Å². The molecule has 1 aliphatic rings. The minimum absolute atomic E-state index is 0.119. The third-order valence-corrected chi connectivity index (χ3v) is 3.09. The maximum absolute atomic E-state index is 11.7. The van der Waals surface area contributed by atoms with Crippen molar-refractivity contribution in [2.24, 2.45) is 5.10 Å². The lowest BCUT2D eigenvalue weighted by atomic mass is 10.1. The summed E-state index contributed by atoms with van der Waals surface area (Å²) in [5.41, 5.74) is 8.35. The minimum atomic E-state index is -0.272. The molecule has 0 spiro atoms. The van der Waals surface area contributed by atoms with Gasteiger partial charge in [-0.25, -0.2) is 10.9 Å². The molecule has 2 amide bonds. The molecule has 0 saturated carbocycles. The predicted molar refractivity (Wildman–Crippen MR) is 79.6 cm³/mol. The Bertz CT molecular complexity index is 588. The number of hydrogen-bond donors (Lipinski definition) is 3. The van der Waals surface area contributed by atoms with Crippen molar-refractivity contribution >= 4 is 18.0 Å². The fraction of sp³-hybridized carbons (Fsp3) is 0.357. The van der Waals surface area contributed by atoms with Crippen LogP contribution in [-0.4, -0.2) is 38.3 Å². The third-order valence-electron chi connectivity index (χ3n) is 3.09. The lowest BCUT2D eigenvalue weighted by Crippen LogP contribution is -2.34. The Balaban J connectivity index is 1.86. The third kappa shape index (κ3) is 4.19. The van der Waals surface area contributed by atoms with Crippen LogP contribution in [0.4, 0.5) is 0 Å². The van der Waals surface area contributed by atoms with Gasteiger partial charge in [0.05, 0.1) is 20.4 Å². The number of hydrazone groups is 1. The van der Waals surface area contributed by atoms with E-state index in [1.165, 1.54) is 6.21 Å². The highest BCUT2D eigenvalue weighted by Crippen LogP contribution is 2.26. The SMILES string of the molecule is COc1ccc(/C=N/NC(=O)CC2CC(=O)NN2)cc1OC. The molecule has 2 rings (SSSR count). The number of ether oxygens (including phenoxy) is 2. The number of hydrazine groups is 1. The first-order valence-electron chi connectivity index (χ1n) is 6.70. The summed E-state index contributed by atoms with van der Waals surface area (Å²) in [6.07, 6.45) is 1.96. The molecule has 1 atom stereocenters. The Morgan fingerprint density at radius 3 is 2.82 bits per heavy atom. The average Bonchev–Trinajstić information content (AvgIpc) is 2.92. The lowest BCUT2D eigenvalue weighted by molar-refractivity contribution is -0.121. The molecule has 3 N–H and O–H groups in total. The summed E-state index contributed by atoms with van der Waals surface area (Å²) in [5, 5.41) is 3.88. The van der Waals surface area contributed by atoms with Crippen molar-refractivity contribution in [3.63, 3.8) is 0 Å². The maximum atomic E-state index is 11.7. The Morgan fingerprint density at radius 1 is 1.41 bits per heavy atom. The number of amides is 2. The Kier molecular flexibility index (Phi) is 5.31. The average molecular weight is 306 g/mol. The molecule has 1 aromatic rings. The summed E-state index contributed by atoms with van der Waals surface area (Å²) < 4.78 is 10.3.